The molecule has 0 spiro atoms. The van der Waals surface area contributed by atoms with E-state index in [1.165, 1.54) is 24.3 Å². The number of hydrogen-bond acceptors (Lipinski definition) is 5. The average molecular weight is 277 g/mol. The van der Waals surface area contributed by atoms with Crippen molar-refractivity contribution in [3.05, 3.63) is 71.2 Å². The van der Waals surface area contributed by atoms with Gasteiger partial charge in [0.1, 0.15) is 0 Å². The van der Waals surface area contributed by atoms with Gasteiger partial charge in [0.2, 0.25) is 21.7 Å². The quantitative estimate of drug-likeness (QED) is 0.286. The van der Waals surface area contributed by atoms with Gasteiger partial charge in [0.15, 0.2) is 0 Å². The van der Waals surface area contributed by atoms with Crippen LogP contribution in [0, 0.1) is 0 Å². The second kappa shape index (κ2) is 3.52. The summed E-state index contributed by atoms with van der Waals surface area (Å²) in [5.74, 6) is 0. The molecule has 0 amide bonds. The summed E-state index contributed by atoms with van der Waals surface area (Å²) in [4.78, 5) is 47.5. The van der Waals surface area contributed by atoms with E-state index < -0.39 is 21.7 Å². The third kappa shape index (κ3) is 1.30. The molecule has 4 rings (SSSR count). The topological polar surface area (TPSA) is 94.3 Å². The van der Waals surface area contributed by atoms with Crippen molar-refractivity contribution in [3.63, 3.8) is 0 Å². The predicted molar refractivity (Wildman–Crippen MR) is 82.0 cm³/mol. The lowest BCUT2D eigenvalue weighted by atomic mass is 9.93. The fourth-order valence-electron chi connectivity index (χ4n) is 2.95. The summed E-state index contributed by atoms with van der Waals surface area (Å²) in [6.45, 7) is 0. The van der Waals surface area contributed by atoms with Gasteiger partial charge in [0.05, 0.1) is 0 Å². The third-order valence-electron chi connectivity index (χ3n) is 3.89. The molecule has 0 unspecified atom stereocenters. The van der Waals surface area contributed by atoms with E-state index in [-0.39, 0.29) is 16.5 Å². The molecule has 0 radical (unpaired) electrons. The SMILES string of the molecule is Nc1cc2c(=O)c(=O)cc3ccc4c(=O)c(=O)cc1c4c32. The summed E-state index contributed by atoms with van der Waals surface area (Å²) in [5.41, 5.74) is 3.57. The number of rotatable bonds is 0. The van der Waals surface area contributed by atoms with Gasteiger partial charge in [-0.2, -0.15) is 0 Å². The Morgan fingerprint density at radius 1 is 0.667 bits per heavy atom. The maximum atomic E-state index is 12.0. The van der Waals surface area contributed by atoms with Crippen molar-refractivity contribution in [2.75, 3.05) is 5.73 Å². The smallest absolute Gasteiger partial charge is 0.233 e. The lowest BCUT2D eigenvalue weighted by molar-refractivity contribution is 1.54. The van der Waals surface area contributed by atoms with Crippen LogP contribution in [0.2, 0.25) is 0 Å². The van der Waals surface area contributed by atoms with E-state index in [4.69, 9.17) is 5.73 Å². The van der Waals surface area contributed by atoms with Crippen LogP contribution in [-0.4, -0.2) is 0 Å². The van der Waals surface area contributed by atoms with Crippen molar-refractivity contribution in [1.82, 2.24) is 0 Å². The first kappa shape index (κ1) is 11.7. The first-order valence-corrected chi connectivity index (χ1v) is 6.25. The minimum absolute atomic E-state index is 0.186. The van der Waals surface area contributed by atoms with E-state index in [0.29, 0.717) is 21.5 Å². The van der Waals surface area contributed by atoms with Crippen LogP contribution in [0.4, 0.5) is 5.69 Å². The molecule has 0 aromatic heterocycles. The third-order valence-corrected chi connectivity index (χ3v) is 3.89. The maximum Gasteiger partial charge on any atom is 0.233 e. The number of hydrogen-bond donors (Lipinski definition) is 1. The summed E-state index contributed by atoms with van der Waals surface area (Å²) in [6.07, 6.45) is 0. The monoisotopic (exact) mass is 277 g/mol. The molecule has 21 heavy (non-hydrogen) atoms. The summed E-state index contributed by atoms with van der Waals surface area (Å²) < 4.78 is 0. The van der Waals surface area contributed by atoms with Crippen molar-refractivity contribution in [2.45, 2.75) is 0 Å². The van der Waals surface area contributed by atoms with Crippen molar-refractivity contribution in [2.24, 2.45) is 0 Å². The summed E-state index contributed by atoms with van der Waals surface area (Å²) >= 11 is 0. The Bertz CT molecular complexity index is 1260. The molecule has 0 aliphatic carbocycles. The fourth-order valence-corrected chi connectivity index (χ4v) is 2.95. The van der Waals surface area contributed by atoms with Crippen LogP contribution < -0.4 is 27.4 Å². The highest BCUT2D eigenvalue weighted by molar-refractivity contribution is 6.25. The molecule has 4 aromatic rings. The summed E-state index contributed by atoms with van der Waals surface area (Å²) in [5, 5.41) is 2.39. The Hall–Kier alpha value is -3.08. The number of nitrogens with two attached hydrogens (primary N) is 1. The molecule has 5 nitrogen and oxygen atoms in total. The van der Waals surface area contributed by atoms with Gasteiger partial charge in [-0.25, -0.2) is 0 Å². The van der Waals surface area contributed by atoms with Crippen LogP contribution in [0.1, 0.15) is 0 Å². The van der Waals surface area contributed by atoms with Gasteiger partial charge in [-0.15, -0.1) is 0 Å². The highest BCUT2D eigenvalue weighted by Crippen LogP contribution is 2.33. The molecule has 2 N–H and O–H groups in total. The van der Waals surface area contributed by atoms with Crippen LogP contribution in [0.15, 0.2) is 49.5 Å². The van der Waals surface area contributed by atoms with Gasteiger partial charge >= 0.3 is 0 Å². The van der Waals surface area contributed by atoms with Gasteiger partial charge < -0.3 is 5.73 Å². The standard InChI is InChI=1S/C16H7NO4/c17-10-4-9-13-6(3-11(18)16(9)21)1-2-7-14(13)8(10)5-12(19)15(7)20/h1-5H,17H2. The number of benzene rings is 4. The molecular formula is C16H7NO4. The van der Waals surface area contributed by atoms with Crippen molar-refractivity contribution < 1.29 is 0 Å². The van der Waals surface area contributed by atoms with E-state index in [0.717, 1.165) is 0 Å². The highest BCUT2D eigenvalue weighted by Gasteiger charge is 2.17. The average Bonchev–Trinajstić information content (AvgIpc) is 2.46. The molecule has 0 fully saturated rings. The number of nitrogen functional groups attached to an aromatic ring is 1. The zero-order valence-corrected chi connectivity index (χ0v) is 10.6. The Labute approximate surface area is 115 Å². The molecule has 0 bridgehead atoms. The lowest BCUT2D eigenvalue weighted by Gasteiger charge is -2.10. The molecule has 100 valence electrons. The van der Waals surface area contributed by atoms with Gasteiger partial charge in [-0.1, -0.05) is 6.07 Å². The normalized spacial score (nSPS) is 11.8. The highest BCUT2D eigenvalue weighted by atomic mass is 16.2. The van der Waals surface area contributed by atoms with Gasteiger partial charge in [-0.3, -0.25) is 19.2 Å². The van der Waals surface area contributed by atoms with E-state index in [2.05, 4.69) is 0 Å². The molecule has 4 aromatic carbocycles. The Morgan fingerprint density at radius 3 is 2.10 bits per heavy atom. The minimum atomic E-state index is -0.651. The van der Waals surface area contributed by atoms with Crippen molar-refractivity contribution in [3.8, 4) is 0 Å². The zero-order valence-electron chi connectivity index (χ0n) is 10.6. The summed E-state index contributed by atoms with van der Waals surface area (Å²) in [7, 11) is 0. The Kier molecular flexibility index (Phi) is 1.96. The molecule has 0 aliphatic rings. The second-order valence-electron chi connectivity index (χ2n) is 5.05. The fraction of sp³-hybridized carbons (Fsp3) is 0. The van der Waals surface area contributed by atoms with Crippen molar-refractivity contribution in [1.29, 1.82) is 0 Å². The first-order valence-electron chi connectivity index (χ1n) is 6.25. The van der Waals surface area contributed by atoms with Crippen LogP contribution in [0.25, 0.3) is 32.3 Å². The van der Waals surface area contributed by atoms with Gasteiger partial charge in [-0.05, 0) is 29.7 Å². The van der Waals surface area contributed by atoms with Crippen LogP contribution in [-0.2, 0) is 0 Å². The Balaban J connectivity index is 2.60. The van der Waals surface area contributed by atoms with Crippen LogP contribution >= 0.6 is 0 Å². The van der Waals surface area contributed by atoms with Gasteiger partial charge in [0, 0.05) is 32.6 Å². The van der Waals surface area contributed by atoms with Crippen molar-refractivity contribution >= 4 is 38.0 Å². The molecule has 0 aliphatic heterocycles. The largest absolute Gasteiger partial charge is 0.398 e. The lowest BCUT2D eigenvalue weighted by Crippen LogP contribution is -2.25. The molecule has 0 atom stereocenters. The maximum absolute atomic E-state index is 12.0. The number of anilines is 1. The molecule has 0 saturated heterocycles. The first-order chi connectivity index (χ1) is 9.99. The molecular weight excluding hydrogens is 270 g/mol. The predicted octanol–water partition coefficient (Wildman–Crippen LogP) is 0.483. The Morgan fingerprint density at radius 2 is 1.33 bits per heavy atom. The molecule has 5 heteroatoms. The zero-order chi connectivity index (χ0) is 14.9. The van der Waals surface area contributed by atoms with E-state index in [9.17, 15) is 19.2 Å². The van der Waals surface area contributed by atoms with Crippen LogP contribution in [0.3, 0.4) is 0 Å². The van der Waals surface area contributed by atoms with E-state index >= 15 is 0 Å². The minimum Gasteiger partial charge on any atom is -0.398 e. The van der Waals surface area contributed by atoms with Crippen LogP contribution in [0.5, 0.6) is 0 Å². The second-order valence-corrected chi connectivity index (χ2v) is 5.05. The van der Waals surface area contributed by atoms with E-state index in [1.807, 2.05) is 0 Å². The van der Waals surface area contributed by atoms with E-state index in [1.54, 1.807) is 6.07 Å². The molecule has 0 heterocycles. The molecule has 0 saturated carbocycles. The van der Waals surface area contributed by atoms with Gasteiger partial charge in [0.25, 0.3) is 0 Å². The summed E-state index contributed by atoms with van der Waals surface area (Å²) in [6, 6.07) is 6.90.